The van der Waals surface area contributed by atoms with Gasteiger partial charge in [0.15, 0.2) is 0 Å². The maximum atomic E-state index is 11.2. The molecular formula is C13H17NO3. The Balaban J connectivity index is 2.12. The fourth-order valence-corrected chi connectivity index (χ4v) is 1.37. The highest BCUT2D eigenvalue weighted by atomic mass is 16.5. The highest BCUT2D eigenvalue weighted by molar-refractivity contribution is 5.82. The zero-order chi connectivity index (χ0) is 12.5. The van der Waals surface area contributed by atoms with E-state index in [0.29, 0.717) is 32.8 Å². The number of hydrogen-bond acceptors (Lipinski definition) is 3. The topological polar surface area (TPSA) is 38.8 Å². The lowest BCUT2D eigenvalue weighted by atomic mass is 10.1. The molecule has 1 atom stereocenters. The van der Waals surface area contributed by atoms with Crippen molar-refractivity contribution in [3.05, 3.63) is 25.3 Å². The first-order valence-electron chi connectivity index (χ1n) is 5.46. The van der Waals surface area contributed by atoms with E-state index in [1.54, 1.807) is 17.1 Å². The molecule has 92 valence electrons. The molecule has 17 heavy (non-hydrogen) atoms. The third-order valence-corrected chi connectivity index (χ3v) is 2.23. The van der Waals surface area contributed by atoms with Crippen LogP contribution in [0.5, 0.6) is 0 Å². The van der Waals surface area contributed by atoms with Gasteiger partial charge in [0.05, 0.1) is 13.0 Å². The smallest absolute Gasteiger partial charge is 0.229 e. The molecule has 0 aromatic heterocycles. The third-order valence-electron chi connectivity index (χ3n) is 2.23. The van der Waals surface area contributed by atoms with E-state index in [1.807, 2.05) is 0 Å². The van der Waals surface area contributed by atoms with Crippen LogP contribution in [-0.4, -0.2) is 43.4 Å². The summed E-state index contributed by atoms with van der Waals surface area (Å²) >= 11 is 0. The lowest BCUT2D eigenvalue weighted by molar-refractivity contribution is -0.169. The highest BCUT2D eigenvalue weighted by Gasteiger charge is 2.35. The van der Waals surface area contributed by atoms with Gasteiger partial charge < -0.3 is 14.4 Å². The number of nitrogens with zero attached hydrogens (tertiary/aromatic N) is 1. The number of β-lactam (4-membered cyclic amide) rings is 1. The van der Waals surface area contributed by atoms with Gasteiger partial charge in [0.2, 0.25) is 5.91 Å². The Hall–Kier alpha value is -1.57. The van der Waals surface area contributed by atoms with Gasteiger partial charge in [-0.15, -0.1) is 13.2 Å². The fourth-order valence-electron chi connectivity index (χ4n) is 1.37. The predicted octanol–water partition coefficient (Wildman–Crippen LogP) is 0.953. The quantitative estimate of drug-likeness (QED) is 0.285. The Morgan fingerprint density at radius 1 is 1.35 bits per heavy atom. The number of ether oxygens (including phenoxy) is 2. The molecule has 4 nitrogen and oxygen atoms in total. The second kappa shape index (κ2) is 7.66. The number of carbonyl (C=O) groups is 1. The molecule has 1 aliphatic heterocycles. The summed E-state index contributed by atoms with van der Waals surface area (Å²) in [4.78, 5) is 12.8. The summed E-state index contributed by atoms with van der Waals surface area (Å²) in [7, 11) is 0. The van der Waals surface area contributed by atoms with Crippen molar-refractivity contribution in [2.24, 2.45) is 0 Å². The van der Waals surface area contributed by atoms with E-state index in [-0.39, 0.29) is 12.1 Å². The zero-order valence-corrected chi connectivity index (χ0v) is 9.85. The first kappa shape index (κ1) is 13.5. The van der Waals surface area contributed by atoms with E-state index in [0.717, 1.165) is 0 Å². The molecule has 1 fully saturated rings. The third kappa shape index (κ3) is 4.43. The molecule has 0 bridgehead atoms. The van der Waals surface area contributed by atoms with Gasteiger partial charge in [-0.05, 0) is 0 Å². The second-order valence-corrected chi connectivity index (χ2v) is 3.46. The Morgan fingerprint density at radius 3 is 2.76 bits per heavy atom. The summed E-state index contributed by atoms with van der Waals surface area (Å²) in [5, 5.41) is 0. The van der Waals surface area contributed by atoms with E-state index in [4.69, 9.17) is 9.47 Å². The molecule has 1 heterocycles. The van der Waals surface area contributed by atoms with Gasteiger partial charge in [-0.2, -0.15) is 0 Å². The van der Waals surface area contributed by atoms with Gasteiger partial charge in [-0.25, -0.2) is 0 Å². The Morgan fingerprint density at radius 2 is 2.12 bits per heavy atom. The van der Waals surface area contributed by atoms with Crippen molar-refractivity contribution in [2.75, 3.05) is 26.4 Å². The lowest BCUT2D eigenvalue weighted by Gasteiger charge is -2.38. The number of hydrogen-bond donors (Lipinski definition) is 0. The van der Waals surface area contributed by atoms with Crippen molar-refractivity contribution < 1.29 is 14.3 Å². The summed E-state index contributed by atoms with van der Waals surface area (Å²) in [6.07, 6.45) is 3.64. The van der Waals surface area contributed by atoms with Crippen LogP contribution in [0, 0.1) is 11.8 Å². The average molecular weight is 235 g/mol. The van der Waals surface area contributed by atoms with Gasteiger partial charge in [0.25, 0.3) is 0 Å². The molecule has 1 amide bonds. The molecule has 1 aliphatic rings. The van der Waals surface area contributed by atoms with E-state index >= 15 is 0 Å². The summed E-state index contributed by atoms with van der Waals surface area (Å²) in [6.45, 7) is 8.82. The van der Waals surface area contributed by atoms with Crippen LogP contribution < -0.4 is 0 Å². The van der Waals surface area contributed by atoms with Crippen molar-refractivity contribution in [3.8, 4) is 11.8 Å². The van der Waals surface area contributed by atoms with Crippen molar-refractivity contribution >= 4 is 5.91 Å². The number of likely N-dealkylation sites (tertiary alicyclic amines) is 1. The first-order chi connectivity index (χ1) is 8.29. The van der Waals surface area contributed by atoms with Crippen molar-refractivity contribution in [1.82, 2.24) is 4.90 Å². The Labute approximate surface area is 102 Å². The molecule has 0 N–H and O–H groups in total. The molecule has 0 aromatic carbocycles. The molecule has 0 radical (unpaired) electrons. The minimum atomic E-state index is -0.149. The molecule has 0 aliphatic carbocycles. The second-order valence-electron chi connectivity index (χ2n) is 3.46. The predicted molar refractivity (Wildman–Crippen MR) is 65.1 cm³/mol. The van der Waals surface area contributed by atoms with Gasteiger partial charge in [-0.3, -0.25) is 4.79 Å². The maximum absolute atomic E-state index is 11.2. The van der Waals surface area contributed by atoms with Crippen LogP contribution >= 0.6 is 0 Å². The Kier molecular flexibility index (Phi) is 6.08. The summed E-state index contributed by atoms with van der Waals surface area (Å²) in [5.41, 5.74) is 0. The van der Waals surface area contributed by atoms with Crippen LogP contribution in [0.25, 0.3) is 0 Å². The van der Waals surface area contributed by atoms with Crippen LogP contribution in [0.1, 0.15) is 6.42 Å². The molecule has 4 heteroatoms. The monoisotopic (exact) mass is 235 g/mol. The number of carbonyl (C=O) groups excluding carboxylic acids is 1. The molecule has 0 aromatic rings. The SMILES string of the molecule is C=CCOCC#CCOC1CC(=O)N1CC=C. The largest absolute Gasteiger partial charge is 0.365 e. The summed E-state index contributed by atoms with van der Waals surface area (Å²) in [5.74, 6) is 5.73. The molecular weight excluding hydrogens is 218 g/mol. The first-order valence-corrected chi connectivity index (χ1v) is 5.46. The minimum absolute atomic E-state index is 0.0946. The fraction of sp³-hybridized carbons (Fsp3) is 0.462. The molecule has 1 saturated heterocycles. The minimum Gasteiger partial charge on any atom is -0.365 e. The van der Waals surface area contributed by atoms with Crippen LogP contribution in [0.2, 0.25) is 0 Å². The van der Waals surface area contributed by atoms with Gasteiger partial charge >= 0.3 is 0 Å². The zero-order valence-electron chi connectivity index (χ0n) is 9.85. The van der Waals surface area contributed by atoms with Crippen LogP contribution in [0.15, 0.2) is 25.3 Å². The van der Waals surface area contributed by atoms with Crippen LogP contribution in [0.3, 0.4) is 0 Å². The van der Waals surface area contributed by atoms with Gasteiger partial charge in [0.1, 0.15) is 19.4 Å². The van der Waals surface area contributed by atoms with E-state index in [2.05, 4.69) is 25.0 Å². The average Bonchev–Trinajstić information content (AvgIpc) is 2.33. The summed E-state index contributed by atoms with van der Waals surface area (Å²) in [6, 6.07) is 0. The van der Waals surface area contributed by atoms with Crippen molar-refractivity contribution in [1.29, 1.82) is 0 Å². The molecule has 0 saturated carbocycles. The van der Waals surface area contributed by atoms with E-state index < -0.39 is 0 Å². The van der Waals surface area contributed by atoms with Gasteiger partial charge in [-0.1, -0.05) is 24.0 Å². The number of amides is 1. The Bertz CT molecular complexity index is 340. The van der Waals surface area contributed by atoms with Gasteiger partial charge in [0, 0.05) is 6.54 Å². The maximum Gasteiger partial charge on any atom is 0.229 e. The number of rotatable bonds is 7. The standard InChI is InChI=1S/C13H17NO3/c1-3-7-14-12(15)11-13(14)17-10-6-5-9-16-8-4-2/h3-4,13H,1-2,7-11H2. The van der Waals surface area contributed by atoms with Crippen molar-refractivity contribution in [2.45, 2.75) is 12.6 Å². The van der Waals surface area contributed by atoms with Crippen LogP contribution in [0.4, 0.5) is 0 Å². The molecule has 1 rings (SSSR count). The molecule has 1 unspecified atom stereocenters. The van der Waals surface area contributed by atoms with Crippen LogP contribution in [-0.2, 0) is 14.3 Å². The van der Waals surface area contributed by atoms with Crippen molar-refractivity contribution in [3.63, 3.8) is 0 Å². The van der Waals surface area contributed by atoms with E-state index in [1.165, 1.54) is 0 Å². The summed E-state index contributed by atoms with van der Waals surface area (Å²) < 4.78 is 10.5. The normalized spacial score (nSPS) is 18.0. The highest BCUT2D eigenvalue weighted by Crippen LogP contribution is 2.19. The molecule has 0 spiro atoms. The lowest BCUT2D eigenvalue weighted by Crippen LogP contribution is -2.53. The van der Waals surface area contributed by atoms with E-state index in [9.17, 15) is 4.79 Å².